The minimum Gasteiger partial charge on any atom is -0.309 e. The van der Waals surface area contributed by atoms with Gasteiger partial charge in [0.15, 0.2) is 0 Å². The second-order valence-electron chi connectivity index (χ2n) is 17.8. The largest absolute Gasteiger partial charge is 0.309 e. The highest BCUT2D eigenvalue weighted by Gasteiger charge is 2.40. The van der Waals surface area contributed by atoms with Crippen LogP contribution in [-0.2, 0) is 5.41 Å². The fourth-order valence-electron chi connectivity index (χ4n) is 10.8. The summed E-state index contributed by atoms with van der Waals surface area (Å²) in [5, 5.41) is 3.68. The van der Waals surface area contributed by atoms with E-state index in [0.29, 0.717) is 0 Å². The summed E-state index contributed by atoms with van der Waals surface area (Å²) in [6.45, 7) is 4.81. The van der Waals surface area contributed by atoms with Crippen LogP contribution in [-0.4, -0.2) is 9.13 Å². The van der Waals surface area contributed by atoms with Crippen LogP contribution < -0.4 is 0 Å². The topological polar surface area (TPSA) is 9.86 Å². The van der Waals surface area contributed by atoms with Gasteiger partial charge in [-0.1, -0.05) is 219 Å². The fourth-order valence-corrected chi connectivity index (χ4v) is 10.8. The highest BCUT2D eigenvalue weighted by Crippen LogP contribution is 2.53. The van der Waals surface area contributed by atoms with E-state index in [-0.39, 0.29) is 5.92 Å². The summed E-state index contributed by atoms with van der Waals surface area (Å²) in [5.41, 5.74) is 18.6. The molecule has 0 spiro atoms. The van der Waals surface area contributed by atoms with Gasteiger partial charge >= 0.3 is 0 Å². The Labute approximate surface area is 386 Å². The Hall–Kier alpha value is -8.20. The third-order valence-electron chi connectivity index (χ3n) is 14.1. The highest BCUT2D eigenvalue weighted by atomic mass is 15.0. The van der Waals surface area contributed by atoms with E-state index in [0.717, 1.165) is 11.4 Å². The lowest BCUT2D eigenvalue weighted by atomic mass is 9.66. The average molecular weight is 845 g/mol. The maximum atomic E-state index is 2.56. The van der Waals surface area contributed by atoms with Crippen molar-refractivity contribution in [3.05, 3.63) is 271 Å². The Balaban J connectivity index is 1.25. The van der Waals surface area contributed by atoms with Crippen molar-refractivity contribution in [2.75, 3.05) is 0 Å². The predicted octanol–water partition coefficient (Wildman–Crippen LogP) is 16.8. The normalized spacial score (nSPS) is 16.2. The molecule has 2 aromatic heterocycles. The molecule has 0 bridgehead atoms. The molecule has 2 nitrogen and oxygen atoms in total. The molecule has 11 aromatic rings. The summed E-state index contributed by atoms with van der Waals surface area (Å²) in [6, 6.07) is 84.5. The molecule has 0 fully saturated rings. The van der Waals surface area contributed by atoms with E-state index in [1.54, 1.807) is 0 Å². The molecule has 0 aliphatic heterocycles. The van der Waals surface area contributed by atoms with Crippen molar-refractivity contribution in [2.24, 2.45) is 0 Å². The lowest BCUT2D eigenvalue weighted by molar-refractivity contribution is 0.687. The first-order valence-electron chi connectivity index (χ1n) is 23.1. The minimum atomic E-state index is -0.630. The molecule has 0 radical (unpaired) electrons. The number of para-hydroxylation sites is 2. The second-order valence-corrected chi connectivity index (χ2v) is 17.8. The number of hydrogen-bond acceptors (Lipinski definition) is 0. The van der Waals surface area contributed by atoms with Gasteiger partial charge in [0.2, 0.25) is 0 Å². The number of rotatable bonds is 7. The van der Waals surface area contributed by atoms with Crippen LogP contribution in [0.2, 0.25) is 0 Å². The molecule has 2 heterocycles. The zero-order valence-corrected chi connectivity index (χ0v) is 37.1. The molecule has 66 heavy (non-hydrogen) atoms. The van der Waals surface area contributed by atoms with Gasteiger partial charge in [-0.3, -0.25) is 0 Å². The molecule has 2 atom stereocenters. The van der Waals surface area contributed by atoms with Gasteiger partial charge in [-0.15, -0.1) is 0 Å². The van der Waals surface area contributed by atoms with Gasteiger partial charge in [-0.2, -0.15) is 0 Å². The lowest BCUT2D eigenvalue weighted by Gasteiger charge is -2.37. The van der Waals surface area contributed by atoms with Crippen molar-refractivity contribution < 1.29 is 0 Å². The summed E-state index contributed by atoms with van der Waals surface area (Å²) in [6.07, 6.45) is 7.37. The molecule has 1 aliphatic carbocycles. The molecule has 2 heteroatoms. The highest BCUT2D eigenvalue weighted by molar-refractivity contribution is 6.13. The van der Waals surface area contributed by atoms with Gasteiger partial charge in [-0.05, 0) is 88.2 Å². The molecule has 2 unspecified atom stereocenters. The number of fused-ring (bicyclic) bond motifs is 9. The van der Waals surface area contributed by atoms with Gasteiger partial charge in [0, 0.05) is 49.6 Å². The van der Waals surface area contributed by atoms with Crippen molar-refractivity contribution in [3.63, 3.8) is 0 Å². The minimum absolute atomic E-state index is 0.147. The molecule has 0 saturated carbocycles. The molecule has 9 aromatic carbocycles. The van der Waals surface area contributed by atoms with Gasteiger partial charge in [-0.25, -0.2) is 0 Å². The van der Waals surface area contributed by atoms with E-state index in [1.165, 1.54) is 94.0 Å². The zero-order chi connectivity index (χ0) is 44.2. The number of benzene rings is 9. The molecule has 314 valence electrons. The smallest absolute Gasteiger partial charge is 0.0617 e. The zero-order valence-electron chi connectivity index (χ0n) is 37.1. The van der Waals surface area contributed by atoms with Crippen LogP contribution in [0.15, 0.2) is 248 Å². The maximum absolute atomic E-state index is 2.56. The van der Waals surface area contributed by atoms with Crippen molar-refractivity contribution in [3.8, 4) is 44.9 Å². The summed E-state index contributed by atoms with van der Waals surface area (Å²) < 4.78 is 5.08. The van der Waals surface area contributed by atoms with Gasteiger partial charge in [0.05, 0.1) is 22.2 Å². The van der Waals surface area contributed by atoms with E-state index < -0.39 is 5.41 Å². The van der Waals surface area contributed by atoms with Gasteiger partial charge in [0.1, 0.15) is 0 Å². The van der Waals surface area contributed by atoms with Crippen molar-refractivity contribution >= 4 is 38.8 Å². The molecule has 12 rings (SSSR count). The van der Waals surface area contributed by atoms with Gasteiger partial charge in [0.25, 0.3) is 0 Å². The van der Waals surface area contributed by atoms with E-state index in [1.807, 2.05) is 0 Å². The Morgan fingerprint density at radius 3 is 1.70 bits per heavy atom. The SMILES string of the molecule is CC(/C=C1/C=C\c2c(n(-c3ccc(-c4ccccc4)cc3)c3ccccc23)-c2ccc3c4ccccc4n(-c4cccc(-c5ccccc5)c4)c3c2C1(C)c1ccccc1)c1ccccc1. The molecule has 1 aliphatic rings. The van der Waals surface area contributed by atoms with E-state index in [2.05, 4.69) is 272 Å². The monoisotopic (exact) mass is 844 g/mol. The Kier molecular flexibility index (Phi) is 9.61. The van der Waals surface area contributed by atoms with E-state index in [4.69, 9.17) is 0 Å². The van der Waals surface area contributed by atoms with Crippen LogP contribution in [0.25, 0.3) is 83.7 Å². The van der Waals surface area contributed by atoms with Crippen LogP contribution in [0, 0.1) is 0 Å². The quantitative estimate of drug-likeness (QED) is 0.151. The summed E-state index contributed by atoms with van der Waals surface area (Å²) in [7, 11) is 0. The Bertz CT molecular complexity index is 3630. The van der Waals surface area contributed by atoms with Crippen LogP contribution in [0.4, 0.5) is 0 Å². The third kappa shape index (κ3) is 6.40. The lowest BCUT2D eigenvalue weighted by Crippen LogP contribution is -2.29. The predicted molar refractivity (Wildman–Crippen MR) is 279 cm³/mol. The molecule has 0 saturated heterocycles. The second kappa shape index (κ2) is 16.1. The molecular weight excluding hydrogens is 797 g/mol. The van der Waals surface area contributed by atoms with Crippen LogP contribution in [0.5, 0.6) is 0 Å². The summed E-state index contributed by atoms with van der Waals surface area (Å²) in [5.74, 6) is 0.147. The standard InChI is InChI=1S/C64H48N2/c1-44(45-20-7-3-8-21-45)42-51-36-39-56-54-30-15-17-32-59(54)65(52-37-34-48(35-38-52)46-22-9-4-10-23-46)62(56)58-41-40-57-55-31-16-18-33-60(55)66(53-29-19-26-49(43-53)47-24-11-5-12-25-47)63(57)61(58)64(51,2)50-27-13-6-14-28-50/h3-44H,1-2H3/b39-36-,51-42-. The third-order valence-corrected chi connectivity index (χ3v) is 14.1. The summed E-state index contributed by atoms with van der Waals surface area (Å²) >= 11 is 0. The summed E-state index contributed by atoms with van der Waals surface area (Å²) in [4.78, 5) is 0. The van der Waals surface area contributed by atoms with Crippen molar-refractivity contribution in [1.29, 1.82) is 0 Å². The number of hydrogen-bond donors (Lipinski definition) is 0. The van der Waals surface area contributed by atoms with Crippen LogP contribution in [0.1, 0.15) is 42.0 Å². The van der Waals surface area contributed by atoms with E-state index in [9.17, 15) is 0 Å². The van der Waals surface area contributed by atoms with Crippen LogP contribution >= 0.6 is 0 Å². The molecular formula is C64H48N2. The van der Waals surface area contributed by atoms with Gasteiger partial charge < -0.3 is 9.13 Å². The average Bonchev–Trinajstić information content (AvgIpc) is 3.90. The first-order chi connectivity index (χ1) is 32.6. The molecule has 0 N–H and O–H groups in total. The van der Waals surface area contributed by atoms with Crippen LogP contribution in [0.3, 0.4) is 0 Å². The first-order valence-corrected chi connectivity index (χ1v) is 23.1. The Morgan fingerprint density at radius 1 is 0.439 bits per heavy atom. The number of allylic oxidation sites excluding steroid dienone is 3. The van der Waals surface area contributed by atoms with Crippen molar-refractivity contribution in [1.82, 2.24) is 9.13 Å². The van der Waals surface area contributed by atoms with E-state index >= 15 is 0 Å². The Morgan fingerprint density at radius 2 is 1.00 bits per heavy atom. The molecule has 0 amide bonds. The first kappa shape index (κ1) is 39.4. The number of aromatic nitrogens is 2. The number of nitrogens with zero attached hydrogens (tertiary/aromatic N) is 2. The maximum Gasteiger partial charge on any atom is 0.0617 e. The fraction of sp³-hybridized carbons (Fsp3) is 0.0625. The van der Waals surface area contributed by atoms with Crippen molar-refractivity contribution in [2.45, 2.75) is 25.2 Å².